The first-order chi connectivity index (χ1) is 5.99. The Hall–Kier alpha value is -0.460. The predicted molar refractivity (Wildman–Crippen MR) is 53.1 cm³/mol. The van der Waals surface area contributed by atoms with Crippen molar-refractivity contribution in [2.24, 2.45) is 0 Å². The Kier molecular flexibility index (Phi) is 3.40. The van der Waals surface area contributed by atoms with Crippen molar-refractivity contribution < 1.29 is 13.5 Å². The van der Waals surface area contributed by atoms with Crippen molar-refractivity contribution in [1.29, 1.82) is 0 Å². The summed E-state index contributed by atoms with van der Waals surface area (Å²) >= 11 is 1.93. The molecule has 1 heterocycles. The molecule has 0 saturated carbocycles. The van der Waals surface area contributed by atoms with Crippen LogP contribution in [0.15, 0.2) is 18.3 Å². The Morgan fingerprint density at radius 1 is 1.62 bits per heavy atom. The molecule has 0 N–H and O–H groups in total. The molecule has 13 heavy (non-hydrogen) atoms. The van der Waals surface area contributed by atoms with E-state index in [4.69, 9.17) is 4.74 Å². The molecule has 0 atom stereocenters. The van der Waals surface area contributed by atoms with Crippen LogP contribution in [0.2, 0.25) is 0 Å². The highest BCUT2D eigenvalue weighted by Crippen LogP contribution is 2.20. The fourth-order valence-corrected chi connectivity index (χ4v) is 1.18. The summed E-state index contributed by atoms with van der Waals surface area (Å²) < 4.78 is 30.3. The van der Waals surface area contributed by atoms with Crippen LogP contribution in [0.25, 0.3) is 0 Å². The number of hydrogen-bond donors (Lipinski definition) is 0. The van der Waals surface area contributed by atoms with Gasteiger partial charge in [0.25, 0.3) is 5.92 Å². The molecule has 0 spiro atoms. The van der Waals surface area contributed by atoms with Gasteiger partial charge in [-0.1, -0.05) is 0 Å². The van der Waals surface area contributed by atoms with Gasteiger partial charge in [-0.2, -0.15) is 0 Å². The molecule has 0 unspecified atom stereocenters. The van der Waals surface area contributed by atoms with E-state index in [0.717, 1.165) is 6.92 Å². The number of hydrogen-bond acceptors (Lipinski definition) is 2. The number of alkyl halides is 2. The van der Waals surface area contributed by atoms with E-state index in [9.17, 15) is 8.78 Å². The molecular weight excluding hydrogens is 291 g/mol. The van der Waals surface area contributed by atoms with E-state index >= 15 is 0 Å². The average molecular weight is 299 g/mol. The summed E-state index contributed by atoms with van der Waals surface area (Å²) in [5, 5.41) is 0. The molecule has 0 aliphatic rings. The summed E-state index contributed by atoms with van der Waals surface area (Å²) in [7, 11) is 0. The Balaban J connectivity index is 2.60. The Bertz CT molecular complexity index is 288. The monoisotopic (exact) mass is 299 g/mol. The molecule has 1 aromatic heterocycles. The zero-order valence-corrected chi connectivity index (χ0v) is 9.09. The summed E-state index contributed by atoms with van der Waals surface area (Å²) in [6.07, 6.45) is 1.58. The van der Waals surface area contributed by atoms with Crippen molar-refractivity contribution in [3.63, 3.8) is 0 Å². The molecule has 5 heteroatoms. The van der Waals surface area contributed by atoms with Crippen LogP contribution in [0.1, 0.15) is 6.92 Å². The van der Waals surface area contributed by atoms with Gasteiger partial charge in [-0.25, -0.2) is 13.8 Å². The number of rotatable bonds is 3. The molecule has 72 valence electrons. The Labute approximate surface area is 88.5 Å². The standard InChI is InChI=1S/C8H8F2INO/c1-8(9,10)5-13-6-3-2-4-12-7(6)11/h2-4H,5H2,1H3. The molecule has 0 aromatic carbocycles. The number of aromatic nitrogens is 1. The highest BCUT2D eigenvalue weighted by molar-refractivity contribution is 14.1. The van der Waals surface area contributed by atoms with Crippen LogP contribution in [0.5, 0.6) is 5.75 Å². The molecule has 0 aliphatic heterocycles. The Morgan fingerprint density at radius 3 is 2.85 bits per heavy atom. The third-order valence-corrected chi connectivity index (χ3v) is 2.02. The van der Waals surface area contributed by atoms with E-state index in [1.165, 1.54) is 0 Å². The lowest BCUT2D eigenvalue weighted by Crippen LogP contribution is -2.21. The van der Waals surface area contributed by atoms with Crippen molar-refractivity contribution in [2.45, 2.75) is 12.8 Å². The maximum atomic E-state index is 12.4. The van der Waals surface area contributed by atoms with E-state index < -0.39 is 12.5 Å². The van der Waals surface area contributed by atoms with Gasteiger partial charge in [0.15, 0.2) is 12.4 Å². The maximum absolute atomic E-state index is 12.4. The number of ether oxygens (including phenoxy) is 1. The third-order valence-electron chi connectivity index (χ3n) is 1.21. The van der Waals surface area contributed by atoms with E-state index in [2.05, 4.69) is 4.98 Å². The van der Waals surface area contributed by atoms with Crippen molar-refractivity contribution >= 4 is 22.6 Å². The second-order valence-electron chi connectivity index (χ2n) is 2.65. The van der Waals surface area contributed by atoms with Crippen LogP contribution in [0, 0.1) is 3.70 Å². The smallest absolute Gasteiger partial charge is 0.278 e. The van der Waals surface area contributed by atoms with Gasteiger partial charge in [0.05, 0.1) is 0 Å². The molecule has 0 radical (unpaired) electrons. The lowest BCUT2D eigenvalue weighted by atomic mass is 10.4. The maximum Gasteiger partial charge on any atom is 0.278 e. The van der Waals surface area contributed by atoms with Gasteiger partial charge in [-0.05, 0) is 34.7 Å². The van der Waals surface area contributed by atoms with Crippen molar-refractivity contribution in [3.8, 4) is 5.75 Å². The van der Waals surface area contributed by atoms with Gasteiger partial charge in [0.1, 0.15) is 3.70 Å². The lowest BCUT2D eigenvalue weighted by molar-refractivity contribution is -0.0233. The summed E-state index contributed by atoms with van der Waals surface area (Å²) in [6, 6.07) is 3.26. The quantitative estimate of drug-likeness (QED) is 0.632. The molecule has 2 nitrogen and oxygen atoms in total. The normalized spacial score (nSPS) is 11.4. The zero-order valence-electron chi connectivity index (χ0n) is 6.93. The lowest BCUT2D eigenvalue weighted by Gasteiger charge is -2.12. The average Bonchev–Trinajstić information content (AvgIpc) is 2.01. The first-order valence-electron chi connectivity index (χ1n) is 3.60. The first kappa shape index (κ1) is 10.6. The highest BCUT2D eigenvalue weighted by Gasteiger charge is 2.22. The molecule has 1 rings (SSSR count). The summed E-state index contributed by atoms with van der Waals surface area (Å²) in [6.45, 7) is 0.199. The minimum Gasteiger partial charge on any atom is -0.485 e. The van der Waals surface area contributed by atoms with Gasteiger partial charge in [0.2, 0.25) is 0 Å². The van der Waals surface area contributed by atoms with Crippen LogP contribution < -0.4 is 4.74 Å². The highest BCUT2D eigenvalue weighted by atomic mass is 127. The fourth-order valence-electron chi connectivity index (χ4n) is 0.683. The predicted octanol–water partition coefficient (Wildman–Crippen LogP) is 2.72. The molecule has 0 aliphatic carbocycles. The third kappa shape index (κ3) is 3.84. The first-order valence-corrected chi connectivity index (χ1v) is 4.68. The topological polar surface area (TPSA) is 22.1 Å². The summed E-state index contributed by atoms with van der Waals surface area (Å²) in [4.78, 5) is 3.90. The van der Waals surface area contributed by atoms with E-state index in [-0.39, 0.29) is 0 Å². The van der Waals surface area contributed by atoms with Crippen LogP contribution in [-0.2, 0) is 0 Å². The molecular formula is C8H8F2INO. The molecule has 0 saturated heterocycles. The molecule has 1 aromatic rings. The van der Waals surface area contributed by atoms with E-state index in [0.29, 0.717) is 9.45 Å². The van der Waals surface area contributed by atoms with Gasteiger partial charge in [0, 0.05) is 13.1 Å². The number of nitrogens with zero attached hydrogens (tertiary/aromatic N) is 1. The van der Waals surface area contributed by atoms with Crippen molar-refractivity contribution in [2.75, 3.05) is 6.61 Å². The van der Waals surface area contributed by atoms with Crippen LogP contribution >= 0.6 is 22.6 Å². The largest absolute Gasteiger partial charge is 0.485 e. The summed E-state index contributed by atoms with van der Waals surface area (Å²) in [5.74, 6) is -2.41. The van der Waals surface area contributed by atoms with Crippen LogP contribution in [0.4, 0.5) is 8.78 Å². The minimum atomic E-state index is -2.81. The van der Waals surface area contributed by atoms with Gasteiger partial charge in [-0.15, -0.1) is 0 Å². The van der Waals surface area contributed by atoms with Crippen LogP contribution in [-0.4, -0.2) is 17.5 Å². The van der Waals surface area contributed by atoms with Gasteiger partial charge < -0.3 is 4.74 Å². The second-order valence-corrected chi connectivity index (χ2v) is 3.67. The van der Waals surface area contributed by atoms with Crippen molar-refractivity contribution in [3.05, 3.63) is 22.0 Å². The van der Waals surface area contributed by atoms with E-state index in [1.807, 2.05) is 22.6 Å². The fraction of sp³-hybridized carbons (Fsp3) is 0.375. The second kappa shape index (κ2) is 4.17. The van der Waals surface area contributed by atoms with Gasteiger partial charge >= 0.3 is 0 Å². The minimum absolute atomic E-state index is 0.393. The number of pyridine rings is 1. The van der Waals surface area contributed by atoms with Gasteiger partial charge in [-0.3, -0.25) is 0 Å². The number of halogens is 3. The summed E-state index contributed by atoms with van der Waals surface area (Å²) in [5.41, 5.74) is 0. The van der Waals surface area contributed by atoms with Crippen molar-refractivity contribution in [1.82, 2.24) is 4.98 Å². The van der Waals surface area contributed by atoms with Crippen LogP contribution in [0.3, 0.4) is 0 Å². The Morgan fingerprint density at radius 2 is 2.31 bits per heavy atom. The molecule has 0 fully saturated rings. The molecule has 0 bridgehead atoms. The molecule has 0 amide bonds. The van der Waals surface area contributed by atoms with E-state index in [1.54, 1.807) is 18.3 Å². The zero-order chi connectivity index (χ0) is 9.90. The SMILES string of the molecule is CC(F)(F)COc1cccnc1I.